The van der Waals surface area contributed by atoms with Crippen LogP contribution in [-0.2, 0) is 4.79 Å². The van der Waals surface area contributed by atoms with Crippen molar-refractivity contribution in [1.29, 1.82) is 0 Å². The molecule has 0 aliphatic heterocycles. The molecule has 0 aromatic heterocycles. The Labute approximate surface area is 71.6 Å². The molecular weight excluding hydrogens is 152 g/mol. The van der Waals surface area contributed by atoms with Crippen LogP contribution in [0.15, 0.2) is 24.3 Å². The molecule has 0 saturated carbocycles. The molecule has 1 rings (SSSR count). The van der Waals surface area contributed by atoms with E-state index in [4.69, 9.17) is 5.73 Å². The fraction of sp³-hybridized carbons (Fsp3) is 0.222. The summed E-state index contributed by atoms with van der Waals surface area (Å²) in [6.07, 6.45) is -0.419. The third-order valence-electron chi connectivity index (χ3n) is 1.46. The fourth-order valence-electron chi connectivity index (χ4n) is 0.909. The maximum absolute atomic E-state index is 10.6. The molecule has 0 spiro atoms. The number of amides is 1. The normalized spacial score (nSPS) is 12.2. The second-order valence-electron chi connectivity index (χ2n) is 2.51. The predicted molar refractivity (Wildman–Crippen MR) is 46.0 cm³/mol. The minimum atomic E-state index is -0.419. The van der Waals surface area contributed by atoms with Crippen LogP contribution in [-0.4, -0.2) is 5.91 Å². The Bertz CT molecular complexity index is 258. The molecule has 1 atom stereocenters. The second kappa shape index (κ2) is 3.88. The molecule has 0 bridgehead atoms. The number of hydrogen-bond acceptors (Lipinski definition) is 2. The van der Waals surface area contributed by atoms with Crippen molar-refractivity contribution in [2.75, 3.05) is 0 Å². The Morgan fingerprint density at radius 3 is 2.67 bits per heavy atom. The van der Waals surface area contributed by atoms with Gasteiger partial charge < -0.3 is 11.1 Å². The van der Waals surface area contributed by atoms with Gasteiger partial charge in [-0.25, -0.2) is 0 Å². The maximum atomic E-state index is 10.6. The number of nitrogens with one attached hydrogen (secondary N) is 1. The highest BCUT2D eigenvalue weighted by atomic mass is 16.1. The number of rotatable bonds is 2. The molecule has 3 heteroatoms. The number of nitrogens with two attached hydrogens (primary N) is 1. The van der Waals surface area contributed by atoms with Gasteiger partial charge in [-0.05, 0) is 11.6 Å². The van der Waals surface area contributed by atoms with Crippen molar-refractivity contribution in [3.8, 4) is 0 Å². The molecule has 1 aromatic carbocycles. The van der Waals surface area contributed by atoms with Crippen LogP contribution in [0.5, 0.6) is 0 Å². The lowest BCUT2D eigenvalue weighted by molar-refractivity contribution is -0.119. The van der Waals surface area contributed by atoms with E-state index in [-0.39, 0.29) is 5.91 Å². The first-order chi connectivity index (χ1) is 5.70. The van der Waals surface area contributed by atoms with E-state index in [0.29, 0.717) is 0 Å². The van der Waals surface area contributed by atoms with Gasteiger partial charge in [0.2, 0.25) is 5.91 Å². The molecule has 1 unspecified atom stereocenters. The van der Waals surface area contributed by atoms with Gasteiger partial charge in [-0.1, -0.05) is 24.3 Å². The first kappa shape index (κ1) is 8.74. The van der Waals surface area contributed by atoms with Crippen LogP contribution in [0.3, 0.4) is 0 Å². The fourth-order valence-corrected chi connectivity index (χ4v) is 0.909. The molecule has 0 heterocycles. The van der Waals surface area contributed by atoms with Crippen LogP contribution in [0.4, 0.5) is 0 Å². The van der Waals surface area contributed by atoms with Gasteiger partial charge in [0.15, 0.2) is 0 Å². The highest BCUT2D eigenvalue weighted by Crippen LogP contribution is 2.04. The molecule has 1 aromatic rings. The van der Waals surface area contributed by atoms with E-state index < -0.39 is 6.17 Å². The maximum Gasteiger partial charge on any atom is 0.218 e. The van der Waals surface area contributed by atoms with Gasteiger partial charge in [0.25, 0.3) is 0 Å². The Morgan fingerprint density at radius 1 is 1.58 bits per heavy atom. The molecule has 0 saturated heterocycles. The van der Waals surface area contributed by atoms with Crippen LogP contribution in [0.2, 0.25) is 0 Å². The lowest BCUT2D eigenvalue weighted by Crippen LogP contribution is -2.32. The molecule has 3 N–H and O–H groups in total. The Balaban J connectivity index is 2.65. The van der Waals surface area contributed by atoms with Crippen molar-refractivity contribution >= 4 is 5.91 Å². The van der Waals surface area contributed by atoms with Crippen LogP contribution in [0, 0.1) is 6.07 Å². The summed E-state index contributed by atoms with van der Waals surface area (Å²) in [6.45, 7) is 1.44. The quantitative estimate of drug-likeness (QED) is 0.626. The summed E-state index contributed by atoms with van der Waals surface area (Å²) in [5.74, 6) is -0.129. The first-order valence-corrected chi connectivity index (χ1v) is 3.69. The monoisotopic (exact) mass is 163 g/mol. The number of carbonyl (C=O) groups excluding carboxylic acids is 1. The van der Waals surface area contributed by atoms with Crippen molar-refractivity contribution in [3.05, 3.63) is 35.9 Å². The smallest absolute Gasteiger partial charge is 0.218 e. The number of benzene rings is 1. The van der Waals surface area contributed by atoms with E-state index in [2.05, 4.69) is 11.4 Å². The largest absolute Gasteiger partial charge is 0.337 e. The summed E-state index contributed by atoms with van der Waals surface area (Å²) in [5, 5.41) is 2.58. The molecular formula is C9H11N2O. The van der Waals surface area contributed by atoms with E-state index >= 15 is 0 Å². The van der Waals surface area contributed by atoms with Crippen LogP contribution in [0.1, 0.15) is 18.7 Å². The molecule has 0 aliphatic carbocycles. The average Bonchev–Trinajstić information content (AvgIpc) is 2.05. The minimum absolute atomic E-state index is 0.129. The summed E-state index contributed by atoms with van der Waals surface area (Å²) < 4.78 is 0. The topological polar surface area (TPSA) is 55.1 Å². The summed E-state index contributed by atoms with van der Waals surface area (Å²) in [7, 11) is 0. The zero-order valence-electron chi connectivity index (χ0n) is 6.87. The molecule has 0 fully saturated rings. The van der Waals surface area contributed by atoms with E-state index in [0.717, 1.165) is 5.56 Å². The average molecular weight is 163 g/mol. The van der Waals surface area contributed by atoms with Crippen molar-refractivity contribution in [1.82, 2.24) is 5.32 Å². The Kier molecular flexibility index (Phi) is 2.82. The second-order valence-corrected chi connectivity index (χ2v) is 2.51. The minimum Gasteiger partial charge on any atom is -0.337 e. The lowest BCUT2D eigenvalue weighted by atomic mass is 10.2. The van der Waals surface area contributed by atoms with Gasteiger partial charge >= 0.3 is 0 Å². The highest BCUT2D eigenvalue weighted by Gasteiger charge is 2.04. The molecule has 3 nitrogen and oxygen atoms in total. The zero-order chi connectivity index (χ0) is 8.97. The van der Waals surface area contributed by atoms with Gasteiger partial charge in [-0.3, -0.25) is 4.79 Å². The van der Waals surface area contributed by atoms with Crippen molar-refractivity contribution in [2.45, 2.75) is 13.1 Å². The molecule has 1 amide bonds. The standard InChI is InChI=1S/C9H11N2O/c1-7(12)11-9(10)8-5-3-2-4-6-8/h3-6,9H,10H2,1H3,(H,11,12). The number of hydrogen-bond donors (Lipinski definition) is 2. The Hall–Kier alpha value is -1.35. The van der Waals surface area contributed by atoms with Crippen molar-refractivity contribution < 1.29 is 4.79 Å². The van der Waals surface area contributed by atoms with E-state index in [1.54, 1.807) is 12.1 Å². The predicted octanol–water partition coefficient (Wildman–Crippen LogP) is 0.580. The van der Waals surface area contributed by atoms with Crippen LogP contribution < -0.4 is 11.1 Å². The lowest BCUT2D eigenvalue weighted by Gasteiger charge is -2.11. The SMILES string of the molecule is CC(=O)NC(N)c1cc[c]cc1. The van der Waals surface area contributed by atoms with Gasteiger partial charge in [-0.2, -0.15) is 0 Å². The van der Waals surface area contributed by atoms with Gasteiger partial charge in [0.05, 0.1) is 0 Å². The van der Waals surface area contributed by atoms with E-state index in [9.17, 15) is 4.79 Å². The summed E-state index contributed by atoms with van der Waals surface area (Å²) >= 11 is 0. The van der Waals surface area contributed by atoms with Crippen molar-refractivity contribution in [3.63, 3.8) is 0 Å². The third-order valence-corrected chi connectivity index (χ3v) is 1.46. The number of carbonyl (C=O) groups is 1. The summed E-state index contributed by atoms with van der Waals surface area (Å²) in [4.78, 5) is 10.6. The van der Waals surface area contributed by atoms with Gasteiger partial charge in [-0.15, -0.1) is 0 Å². The highest BCUT2D eigenvalue weighted by molar-refractivity contribution is 5.73. The molecule has 0 aliphatic rings. The molecule has 12 heavy (non-hydrogen) atoms. The molecule has 1 radical (unpaired) electrons. The zero-order valence-corrected chi connectivity index (χ0v) is 6.87. The van der Waals surface area contributed by atoms with Gasteiger partial charge in [0, 0.05) is 6.92 Å². The Morgan fingerprint density at radius 2 is 2.17 bits per heavy atom. The van der Waals surface area contributed by atoms with E-state index in [1.165, 1.54) is 6.92 Å². The molecule has 63 valence electrons. The summed E-state index contributed by atoms with van der Waals surface area (Å²) in [5.41, 5.74) is 6.53. The van der Waals surface area contributed by atoms with Gasteiger partial charge in [0.1, 0.15) is 6.17 Å². The van der Waals surface area contributed by atoms with Crippen LogP contribution in [0.25, 0.3) is 0 Å². The van der Waals surface area contributed by atoms with Crippen LogP contribution >= 0.6 is 0 Å². The first-order valence-electron chi connectivity index (χ1n) is 3.69. The summed E-state index contributed by atoms with van der Waals surface area (Å²) in [6, 6.07) is 10.0. The van der Waals surface area contributed by atoms with E-state index in [1.807, 2.05) is 12.1 Å². The van der Waals surface area contributed by atoms with Crippen molar-refractivity contribution in [2.24, 2.45) is 5.73 Å². The third kappa shape index (κ3) is 2.36.